The minimum atomic E-state index is -0.320. The van der Waals surface area contributed by atoms with Gasteiger partial charge in [-0.3, -0.25) is 9.59 Å². The number of rotatable bonds is 2. The monoisotopic (exact) mass is 236 g/mol. The Hall–Kier alpha value is -1.61. The first-order chi connectivity index (χ1) is 7.63. The summed E-state index contributed by atoms with van der Waals surface area (Å²) in [6, 6.07) is 4.79. The van der Waals surface area contributed by atoms with E-state index in [2.05, 4.69) is 0 Å². The number of benzene rings is 1. The molecule has 0 fully saturated rings. The average molecular weight is 237 g/mol. The van der Waals surface area contributed by atoms with E-state index in [0.29, 0.717) is 23.5 Å². The fourth-order valence-electron chi connectivity index (χ4n) is 1.57. The van der Waals surface area contributed by atoms with Crippen LogP contribution in [0.4, 0.5) is 0 Å². The molecule has 0 unspecified atom stereocenters. The van der Waals surface area contributed by atoms with Gasteiger partial charge in [-0.15, -0.1) is 0 Å². The van der Waals surface area contributed by atoms with Crippen molar-refractivity contribution < 1.29 is 14.3 Å². The lowest BCUT2D eigenvalue weighted by molar-refractivity contribution is 0.0990. The maximum absolute atomic E-state index is 11.6. The predicted molar refractivity (Wildman–Crippen MR) is 60.2 cm³/mol. The molecule has 0 radical (unpaired) electrons. The first-order valence-corrected chi connectivity index (χ1v) is 5.24. The highest BCUT2D eigenvalue weighted by atomic mass is 35.5. The fourth-order valence-corrected chi connectivity index (χ4v) is 1.77. The van der Waals surface area contributed by atoms with Gasteiger partial charge in [0.25, 0.3) is 0 Å². The largest absolute Gasteiger partial charge is 0.494 e. The van der Waals surface area contributed by atoms with Crippen LogP contribution in [0.1, 0.15) is 27.6 Å². The molecule has 1 aromatic carbocycles. The summed E-state index contributed by atoms with van der Waals surface area (Å²) < 4.78 is 5.27. The molecule has 0 aliphatic heterocycles. The number of halogens is 1. The number of allylic oxidation sites excluding steroid dienone is 2. The van der Waals surface area contributed by atoms with E-state index in [-0.39, 0.29) is 16.6 Å². The zero-order valence-corrected chi connectivity index (χ0v) is 9.38. The van der Waals surface area contributed by atoms with Crippen molar-refractivity contribution in [3.8, 4) is 5.75 Å². The Bertz CT molecular complexity index is 503. The molecule has 2 rings (SSSR count). The van der Waals surface area contributed by atoms with E-state index in [1.165, 1.54) is 0 Å². The summed E-state index contributed by atoms with van der Waals surface area (Å²) in [6.07, 6.45) is 1.14. The second-order valence-electron chi connectivity index (χ2n) is 3.33. The van der Waals surface area contributed by atoms with Gasteiger partial charge in [0.1, 0.15) is 5.75 Å². The van der Waals surface area contributed by atoms with Crippen LogP contribution in [-0.4, -0.2) is 18.2 Å². The third-order valence-corrected chi connectivity index (χ3v) is 2.57. The van der Waals surface area contributed by atoms with Gasteiger partial charge in [0.2, 0.25) is 5.78 Å². The van der Waals surface area contributed by atoms with Crippen LogP contribution >= 0.6 is 11.6 Å². The van der Waals surface area contributed by atoms with Crippen molar-refractivity contribution in [1.82, 2.24) is 0 Å². The summed E-state index contributed by atoms with van der Waals surface area (Å²) >= 11 is 5.65. The van der Waals surface area contributed by atoms with Crippen LogP contribution in [0.25, 0.3) is 0 Å². The van der Waals surface area contributed by atoms with Gasteiger partial charge >= 0.3 is 0 Å². The zero-order chi connectivity index (χ0) is 11.7. The Morgan fingerprint density at radius 1 is 1.25 bits per heavy atom. The topological polar surface area (TPSA) is 43.4 Å². The summed E-state index contributed by atoms with van der Waals surface area (Å²) in [5, 5.41) is -0.0401. The summed E-state index contributed by atoms with van der Waals surface area (Å²) in [5.74, 6) is -0.00529. The third-order valence-electron chi connectivity index (χ3n) is 2.29. The summed E-state index contributed by atoms with van der Waals surface area (Å²) in [4.78, 5) is 23.3. The van der Waals surface area contributed by atoms with Crippen LogP contribution in [0.15, 0.2) is 29.3 Å². The third kappa shape index (κ3) is 1.74. The van der Waals surface area contributed by atoms with E-state index in [1.807, 2.05) is 6.92 Å². The summed E-state index contributed by atoms with van der Waals surface area (Å²) in [5.41, 5.74) is 0.682. The molecule has 82 valence electrons. The maximum Gasteiger partial charge on any atom is 0.205 e. The highest BCUT2D eigenvalue weighted by molar-refractivity contribution is 6.49. The van der Waals surface area contributed by atoms with E-state index < -0.39 is 0 Å². The molecule has 0 saturated heterocycles. The van der Waals surface area contributed by atoms with Crippen molar-refractivity contribution in [2.24, 2.45) is 0 Å². The highest BCUT2D eigenvalue weighted by Gasteiger charge is 2.24. The molecule has 0 heterocycles. The summed E-state index contributed by atoms with van der Waals surface area (Å²) in [6.45, 7) is 2.36. The van der Waals surface area contributed by atoms with Crippen molar-refractivity contribution in [3.63, 3.8) is 0 Å². The first-order valence-electron chi connectivity index (χ1n) is 4.86. The molecule has 0 amide bonds. The van der Waals surface area contributed by atoms with E-state index in [0.717, 1.165) is 6.08 Å². The van der Waals surface area contributed by atoms with Crippen LogP contribution in [0.3, 0.4) is 0 Å². The molecule has 0 atom stereocenters. The smallest absolute Gasteiger partial charge is 0.205 e. The van der Waals surface area contributed by atoms with E-state index >= 15 is 0 Å². The quantitative estimate of drug-likeness (QED) is 0.793. The van der Waals surface area contributed by atoms with Crippen LogP contribution < -0.4 is 4.74 Å². The Morgan fingerprint density at radius 2 is 2.00 bits per heavy atom. The molecule has 0 aromatic heterocycles. The van der Waals surface area contributed by atoms with Crippen LogP contribution in [0.5, 0.6) is 5.75 Å². The number of carbonyl (C=O) groups is 2. The maximum atomic E-state index is 11.6. The minimum Gasteiger partial charge on any atom is -0.494 e. The SMILES string of the molecule is CCOc1ccc2c(c1)C(=O)C=C(Cl)C2=O. The molecule has 1 aliphatic rings. The number of hydrogen-bond acceptors (Lipinski definition) is 3. The van der Waals surface area contributed by atoms with Crippen molar-refractivity contribution >= 4 is 23.2 Å². The molecular formula is C12H9ClO3. The van der Waals surface area contributed by atoms with Gasteiger partial charge in [-0.05, 0) is 25.1 Å². The lowest BCUT2D eigenvalue weighted by Gasteiger charge is -2.12. The molecule has 1 aliphatic carbocycles. The number of fused-ring (bicyclic) bond motifs is 1. The Balaban J connectivity index is 2.51. The molecule has 1 aromatic rings. The van der Waals surface area contributed by atoms with Crippen molar-refractivity contribution in [1.29, 1.82) is 0 Å². The highest BCUT2D eigenvalue weighted by Crippen LogP contribution is 2.26. The lowest BCUT2D eigenvalue weighted by atomic mass is 9.94. The Labute approximate surface area is 97.7 Å². The Morgan fingerprint density at radius 3 is 2.69 bits per heavy atom. The zero-order valence-electron chi connectivity index (χ0n) is 8.62. The molecule has 0 spiro atoms. The van der Waals surface area contributed by atoms with Crippen LogP contribution in [0, 0.1) is 0 Å². The van der Waals surface area contributed by atoms with Crippen molar-refractivity contribution in [2.45, 2.75) is 6.92 Å². The summed E-state index contributed by atoms with van der Waals surface area (Å²) in [7, 11) is 0. The van der Waals surface area contributed by atoms with Gasteiger partial charge in [0, 0.05) is 17.2 Å². The number of carbonyl (C=O) groups excluding carboxylic acids is 2. The predicted octanol–water partition coefficient (Wildman–Crippen LogP) is 2.59. The molecule has 4 heteroatoms. The molecule has 0 saturated carbocycles. The molecule has 0 bridgehead atoms. The number of Topliss-reactive ketones (excluding diaryl/α,β-unsaturated/α-hetero) is 1. The van der Waals surface area contributed by atoms with Crippen molar-refractivity contribution in [3.05, 3.63) is 40.4 Å². The van der Waals surface area contributed by atoms with Gasteiger partial charge in [0.05, 0.1) is 11.6 Å². The molecule has 0 N–H and O–H groups in total. The number of ether oxygens (including phenoxy) is 1. The first kappa shape index (κ1) is 10.9. The number of ketones is 2. The number of hydrogen-bond donors (Lipinski definition) is 0. The molecular weight excluding hydrogens is 228 g/mol. The van der Waals surface area contributed by atoms with Gasteiger partial charge in [0.15, 0.2) is 5.78 Å². The molecule has 3 nitrogen and oxygen atoms in total. The van der Waals surface area contributed by atoms with Gasteiger partial charge in [-0.25, -0.2) is 0 Å². The fraction of sp³-hybridized carbons (Fsp3) is 0.167. The normalized spacial score (nSPS) is 14.5. The second kappa shape index (κ2) is 4.10. The van der Waals surface area contributed by atoms with E-state index in [9.17, 15) is 9.59 Å². The van der Waals surface area contributed by atoms with Crippen LogP contribution in [-0.2, 0) is 0 Å². The average Bonchev–Trinajstić information content (AvgIpc) is 2.27. The van der Waals surface area contributed by atoms with E-state index in [4.69, 9.17) is 16.3 Å². The standard InChI is InChI=1S/C12H9ClO3/c1-2-16-7-3-4-8-9(5-7)11(14)6-10(13)12(8)15/h3-6H,2H2,1H3. The minimum absolute atomic E-state index is 0.0401. The van der Waals surface area contributed by atoms with Gasteiger partial charge < -0.3 is 4.74 Å². The van der Waals surface area contributed by atoms with Gasteiger partial charge in [-0.1, -0.05) is 11.6 Å². The van der Waals surface area contributed by atoms with Crippen molar-refractivity contribution in [2.75, 3.05) is 6.61 Å². The van der Waals surface area contributed by atoms with Crippen LogP contribution in [0.2, 0.25) is 0 Å². The van der Waals surface area contributed by atoms with E-state index in [1.54, 1.807) is 18.2 Å². The lowest BCUT2D eigenvalue weighted by Crippen LogP contribution is -2.14. The molecule has 16 heavy (non-hydrogen) atoms. The van der Waals surface area contributed by atoms with Gasteiger partial charge in [-0.2, -0.15) is 0 Å². The Kier molecular flexibility index (Phi) is 2.79. The second-order valence-corrected chi connectivity index (χ2v) is 3.73.